The van der Waals surface area contributed by atoms with Gasteiger partial charge in [-0.1, -0.05) is 12.1 Å². The highest BCUT2D eigenvalue weighted by atomic mass is 35.5. The van der Waals surface area contributed by atoms with Crippen molar-refractivity contribution in [2.75, 3.05) is 13.2 Å². The van der Waals surface area contributed by atoms with Gasteiger partial charge in [0.1, 0.15) is 18.5 Å². The molecule has 1 aromatic carbocycles. The van der Waals surface area contributed by atoms with Crippen LogP contribution in [0.2, 0.25) is 0 Å². The summed E-state index contributed by atoms with van der Waals surface area (Å²) in [4.78, 5) is 10.4. The van der Waals surface area contributed by atoms with Gasteiger partial charge < -0.3 is 20.7 Å². The average Bonchev–Trinajstić information content (AvgIpc) is 2.27. The maximum atomic E-state index is 10.4. The van der Waals surface area contributed by atoms with Gasteiger partial charge in [-0.3, -0.25) is 4.79 Å². The Kier molecular flexibility index (Phi) is 7.29. The SMILES string of the molecule is Cl.NCC(O)COc1ccc(CC(=O)O)cc1. The van der Waals surface area contributed by atoms with E-state index in [0.717, 1.165) is 0 Å². The number of hydrogen-bond acceptors (Lipinski definition) is 4. The first-order valence-corrected chi connectivity index (χ1v) is 4.93. The van der Waals surface area contributed by atoms with Crippen molar-refractivity contribution in [2.24, 2.45) is 5.73 Å². The molecule has 0 spiro atoms. The topological polar surface area (TPSA) is 92.8 Å². The van der Waals surface area contributed by atoms with Gasteiger partial charge in [0.15, 0.2) is 0 Å². The van der Waals surface area contributed by atoms with E-state index in [9.17, 15) is 4.79 Å². The second-order valence-electron chi connectivity index (χ2n) is 3.41. The van der Waals surface area contributed by atoms with Crippen LogP contribution >= 0.6 is 12.4 Å². The summed E-state index contributed by atoms with van der Waals surface area (Å²) in [5.74, 6) is -0.283. The van der Waals surface area contributed by atoms with Crippen LogP contribution in [0.4, 0.5) is 0 Å². The molecule has 1 aromatic rings. The first-order chi connectivity index (χ1) is 7.61. The number of nitrogens with two attached hydrogens (primary N) is 1. The molecule has 5 nitrogen and oxygen atoms in total. The number of hydrogen-bond donors (Lipinski definition) is 3. The number of ether oxygens (including phenoxy) is 1. The van der Waals surface area contributed by atoms with Gasteiger partial charge in [-0.05, 0) is 17.7 Å². The Hall–Kier alpha value is -1.30. The van der Waals surface area contributed by atoms with Gasteiger partial charge in [0, 0.05) is 6.54 Å². The zero-order valence-corrected chi connectivity index (χ0v) is 10.0. The number of rotatable bonds is 6. The fourth-order valence-electron chi connectivity index (χ4n) is 1.14. The molecule has 0 fully saturated rings. The molecule has 0 aliphatic carbocycles. The van der Waals surface area contributed by atoms with Crippen molar-refractivity contribution in [3.05, 3.63) is 29.8 Å². The monoisotopic (exact) mass is 261 g/mol. The minimum absolute atomic E-state index is 0. The van der Waals surface area contributed by atoms with E-state index in [1.54, 1.807) is 24.3 Å². The number of carboxylic acids is 1. The molecule has 0 amide bonds. The first kappa shape index (κ1) is 15.7. The third-order valence-electron chi connectivity index (χ3n) is 1.99. The van der Waals surface area contributed by atoms with Crippen LogP contribution < -0.4 is 10.5 Å². The largest absolute Gasteiger partial charge is 0.491 e. The van der Waals surface area contributed by atoms with Crippen LogP contribution in [-0.2, 0) is 11.2 Å². The highest BCUT2D eigenvalue weighted by Crippen LogP contribution is 2.12. The smallest absolute Gasteiger partial charge is 0.307 e. The lowest BCUT2D eigenvalue weighted by atomic mass is 10.1. The molecule has 1 rings (SSSR count). The Morgan fingerprint density at radius 1 is 1.35 bits per heavy atom. The molecular weight excluding hydrogens is 246 g/mol. The van der Waals surface area contributed by atoms with Gasteiger partial charge >= 0.3 is 5.97 Å². The van der Waals surface area contributed by atoms with E-state index in [-0.39, 0.29) is 32.0 Å². The standard InChI is InChI=1S/C11H15NO4.ClH/c12-6-9(13)7-16-10-3-1-8(2-4-10)5-11(14)15;/h1-4,9,13H,5-7,12H2,(H,14,15);1H. The maximum absolute atomic E-state index is 10.4. The molecule has 1 unspecified atom stereocenters. The van der Waals surface area contributed by atoms with E-state index in [0.29, 0.717) is 11.3 Å². The lowest BCUT2D eigenvalue weighted by Gasteiger charge is -2.10. The summed E-state index contributed by atoms with van der Waals surface area (Å²) >= 11 is 0. The highest BCUT2D eigenvalue weighted by Gasteiger charge is 2.03. The zero-order chi connectivity index (χ0) is 12.0. The third kappa shape index (κ3) is 6.11. The molecule has 0 bridgehead atoms. The van der Waals surface area contributed by atoms with Gasteiger partial charge in [0.05, 0.1) is 6.42 Å². The van der Waals surface area contributed by atoms with Crippen LogP contribution in [0.1, 0.15) is 5.56 Å². The minimum atomic E-state index is -0.868. The number of aliphatic hydroxyl groups is 1. The predicted octanol–water partition coefficient (Wildman–Crippen LogP) is 0.434. The summed E-state index contributed by atoms with van der Waals surface area (Å²) in [5.41, 5.74) is 5.93. The molecule has 0 aliphatic heterocycles. The first-order valence-electron chi connectivity index (χ1n) is 4.93. The molecule has 0 saturated carbocycles. The van der Waals surface area contributed by atoms with Gasteiger partial charge in [0.25, 0.3) is 0 Å². The Morgan fingerprint density at radius 2 is 1.94 bits per heavy atom. The van der Waals surface area contributed by atoms with E-state index in [2.05, 4.69) is 0 Å². The molecule has 1 atom stereocenters. The molecule has 6 heteroatoms. The molecule has 4 N–H and O–H groups in total. The molecule has 0 radical (unpaired) electrons. The van der Waals surface area contributed by atoms with Crippen molar-refractivity contribution < 1.29 is 19.7 Å². The zero-order valence-electron chi connectivity index (χ0n) is 9.20. The predicted molar refractivity (Wildman–Crippen MR) is 65.6 cm³/mol. The normalized spacial score (nSPS) is 11.4. The fourth-order valence-corrected chi connectivity index (χ4v) is 1.14. The van der Waals surface area contributed by atoms with E-state index >= 15 is 0 Å². The second kappa shape index (κ2) is 7.89. The quantitative estimate of drug-likeness (QED) is 0.691. The van der Waals surface area contributed by atoms with Crippen LogP contribution in [0.15, 0.2) is 24.3 Å². The van der Waals surface area contributed by atoms with E-state index in [4.69, 9.17) is 20.7 Å². The molecule has 0 heterocycles. The summed E-state index contributed by atoms with van der Waals surface area (Å²) < 4.78 is 5.24. The van der Waals surface area contributed by atoms with Crippen molar-refractivity contribution in [3.63, 3.8) is 0 Å². The molecule has 0 aromatic heterocycles. The number of aliphatic hydroxyl groups excluding tert-OH is 1. The summed E-state index contributed by atoms with van der Waals surface area (Å²) in [6, 6.07) is 6.69. The van der Waals surface area contributed by atoms with Crippen LogP contribution in [0, 0.1) is 0 Å². The maximum Gasteiger partial charge on any atom is 0.307 e. The Labute approximate surface area is 106 Å². The molecular formula is C11H16ClNO4. The Bertz CT molecular complexity index is 342. The molecule has 96 valence electrons. The van der Waals surface area contributed by atoms with Crippen molar-refractivity contribution in [1.29, 1.82) is 0 Å². The van der Waals surface area contributed by atoms with Crippen molar-refractivity contribution in [2.45, 2.75) is 12.5 Å². The summed E-state index contributed by atoms with van der Waals surface area (Å²) in [5, 5.41) is 17.7. The van der Waals surface area contributed by atoms with Crippen LogP contribution in [0.25, 0.3) is 0 Å². The van der Waals surface area contributed by atoms with Crippen LogP contribution in [0.3, 0.4) is 0 Å². The summed E-state index contributed by atoms with van der Waals surface area (Å²) in [6.07, 6.45) is -0.690. The second-order valence-corrected chi connectivity index (χ2v) is 3.41. The van der Waals surface area contributed by atoms with Gasteiger partial charge in [-0.2, -0.15) is 0 Å². The Morgan fingerprint density at radius 3 is 2.41 bits per heavy atom. The minimum Gasteiger partial charge on any atom is -0.491 e. The van der Waals surface area contributed by atoms with Gasteiger partial charge in [-0.15, -0.1) is 12.4 Å². The van der Waals surface area contributed by atoms with Gasteiger partial charge in [-0.25, -0.2) is 0 Å². The van der Waals surface area contributed by atoms with Gasteiger partial charge in [0.2, 0.25) is 0 Å². The van der Waals surface area contributed by atoms with Crippen molar-refractivity contribution in [3.8, 4) is 5.75 Å². The number of benzene rings is 1. The summed E-state index contributed by atoms with van der Waals surface area (Å²) in [6.45, 7) is 0.284. The lowest BCUT2D eigenvalue weighted by molar-refractivity contribution is -0.136. The number of halogens is 1. The number of carbonyl (C=O) groups is 1. The van der Waals surface area contributed by atoms with Crippen molar-refractivity contribution >= 4 is 18.4 Å². The fraction of sp³-hybridized carbons (Fsp3) is 0.364. The molecule has 17 heavy (non-hydrogen) atoms. The number of aliphatic carboxylic acids is 1. The summed E-state index contributed by atoms with van der Waals surface area (Å²) in [7, 11) is 0. The highest BCUT2D eigenvalue weighted by molar-refractivity contribution is 5.85. The number of carboxylic acid groups (broad SMARTS) is 1. The van der Waals surface area contributed by atoms with Crippen molar-refractivity contribution in [1.82, 2.24) is 0 Å². The molecule has 0 saturated heterocycles. The Balaban J connectivity index is 0.00000256. The average molecular weight is 262 g/mol. The van der Waals surface area contributed by atoms with E-state index < -0.39 is 12.1 Å². The third-order valence-corrected chi connectivity index (χ3v) is 1.99. The van der Waals surface area contributed by atoms with Crippen LogP contribution in [0.5, 0.6) is 5.75 Å². The lowest BCUT2D eigenvalue weighted by Crippen LogP contribution is -2.26. The van der Waals surface area contributed by atoms with E-state index in [1.165, 1.54) is 0 Å². The molecule has 0 aliphatic rings. The van der Waals surface area contributed by atoms with Crippen LogP contribution in [-0.4, -0.2) is 35.4 Å². The van der Waals surface area contributed by atoms with E-state index in [1.807, 2.05) is 0 Å².